The summed E-state index contributed by atoms with van der Waals surface area (Å²) in [7, 11) is 0. The van der Waals surface area contributed by atoms with Gasteiger partial charge in [-0.25, -0.2) is 15.5 Å². The SMILES string of the molecule is C=C(CCCCC[C@H](CC(=O)C(C)(C)CC(=O)[C@@H]([NH])Cc1cnc[nH]1)C(=O)O)COCCOCCCC(=O)CC[C@H](NC(=O)CCCCCCCCCCCCCCC)C(=O)O. The standard InChI is InChI=1S/C48H81N4O10/c1-5-6-7-8-9-10-11-12-13-14-15-16-20-25-45(56)52-42(47(59)60)27-26-40(53)24-21-28-61-29-30-62-35-37(2)22-18-17-19-23-38(46(57)58)31-44(55)48(3,4)33-43(54)41(49)32-39-34-50-36-51-39/h34,36,38,41-42,49H,2,5-33,35H2,1,3-4H3,(H,50,51)(H,52,56)(H,57,58)(H,59,60)/t38-,41+,42+/m1/s1. The summed E-state index contributed by atoms with van der Waals surface area (Å²) < 4.78 is 11.2. The van der Waals surface area contributed by atoms with E-state index in [2.05, 4.69) is 28.8 Å². The number of hydrogen-bond acceptors (Lipinski definition) is 9. The number of nitrogens with zero attached hydrogens (tertiary/aromatic N) is 1. The van der Waals surface area contributed by atoms with Gasteiger partial charge >= 0.3 is 11.9 Å². The van der Waals surface area contributed by atoms with Crippen LogP contribution in [-0.2, 0) is 44.7 Å². The van der Waals surface area contributed by atoms with Crippen LogP contribution in [0.4, 0.5) is 0 Å². The van der Waals surface area contributed by atoms with Crippen molar-refractivity contribution in [2.45, 2.75) is 200 Å². The fraction of sp³-hybridized carbons (Fsp3) is 0.771. The second kappa shape index (κ2) is 34.7. The van der Waals surface area contributed by atoms with Crippen LogP contribution >= 0.6 is 0 Å². The Morgan fingerprint density at radius 1 is 0.758 bits per heavy atom. The Morgan fingerprint density at radius 3 is 1.95 bits per heavy atom. The van der Waals surface area contributed by atoms with E-state index in [9.17, 15) is 39.0 Å². The Labute approximate surface area is 371 Å². The van der Waals surface area contributed by atoms with Gasteiger partial charge in [-0.2, -0.15) is 0 Å². The summed E-state index contributed by atoms with van der Waals surface area (Å²) in [5, 5.41) is 21.9. The van der Waals surface area contributed by atoms with Gasteiger partial charge in [0.15, 0.2) is 5.78 Å². The zero-order chi connectivity index (χ0) is 46.0. The number of aromatic amines is 1. The van der Waals surface area contributed by atoms with Crippen LogP contribution in [0.2, 0.25) is 0 Å². The number of carboxylic acids is 2. The predicted octanol–water partition coefficient (Wildman–Crippen LogP) is 8.97. The predicted molar refractivity (Wildman–Crippen MR) is 241 cm³/mol. The highest BCUT2D eigenvalue weighted by atomic mass is 16.5. The van der Waals surface area contributed by atoms with Crippen LogP contribution in [0.25, 0.3) is 0 Å². The fourth-order valence-electron chi connectivity index (χ4n) is 7.28. The number of aliphatic carboxylic acids is 2. The van der Waals surface area contributed by atoms with E-state index >= 15 is 0 Å². The molecular weight excluding hydrogens is 793 g/mol. The second-order valence-electron chi connectivity index (χ2n) is 17.7. The van der Waals surface area contributed by atoms with Gasteiger partial charge in [0.25, 0.3) is 0 Å². The van der Waals surface area contributed by atoms with E-state index < -0.39 is 35.4 Å². The first-order valence-corrected chi connectivity index (χ1v) is 23.5. The number of amides is 1. The molecule has 0 saturated carbocycles. The van der Waals surface area contributed by atoms with Crippen LogP contribution in [0.1, 0.15) is 187 Å². The lowest BCUT2D eigenvalue weighted by atomic mass is 9.77. The minimum absolute atomic E-state index is 0.0628. The van der Waals surface area contributed by atoms with Crippen LogP contribution in [0.5, 0.6) is 0 Å². The van der Waals surface area contributed by atoms with Gasteiger partial charge in [-0.1, -0.05) is 123 Å². The van der Waals surface area contributed by atoms with Gasteiger partial charge in [-0.3, -0.25) is 24.0 Å². The summed E-state index contributed by atoms with van der Waals surface area (Å²) in [6.07, 6.45) is 23.1. The summed E-state index contributed by atoms with van der Waals surface area (Å²) in [6, 6.07) is -2.11. The van der Waals surface area contributed by atoms with Gasteiger partial charge in [0, 0.05) is 62.4 Å². The molecule has 353 valence electrons. The molecule has 14 nitrogen and oxygen atoms in total. The number of carbonyl (C=O) groups is 6. The lowest BCUT2D eigenvalue weighted by Crippen LogP contribution is -2.41. The number of carbonyl (C=O) groups excluding carboxylic acids is 4. The maximum absolute atomic E-state index is 13.1. The number of Topliss-reactive ketones (excluding diaryl/α,β-unsaturated/α-hetero) is 3. The molecule has 1 radical (unpaired) electrons. The third-order valence-electron chi connectivity index (χ3n) is 11.4. The number of hydrogen-bond donors (Lipinski definition) is 4. The molecule has 0 aromatic carbocycles. The maximum atomic E-state index is 13.1. The van der Waals surface area contributed by atoms with Crippen molar-refractivity contribution in [3.63, 3.8) is 0 Å². The van der Waals surface area contributed by atoms with E-state index in [-0.39, 0.29) is 61.8 Å². The topological polar surface area (TPSA) is 226 Å². The van der Waals surface area contributed by atoms with Crippen molar-refractivity contribution in [1.29, 1.82) is 0 Å². The molecule has 3 atom stereocenters. The van der Waals surface area contributed by atoms with E-state index in [1.807, 2.05) is 0 Å². The number of ketones is 3. The molecule has 0 aliphatic carbocycles. The van der Waals surface area contributed by atoms with Crippen molar-refractivity contribution in [3.05, 3.63) is 30.4 Å². The third-order valence-corrected chi connectivity index (χ3v) is 11.4. The summed E-state index contributed by atoms with van der Waals surface area (Å²) in [4.78, 5) is 80.8. The fourth-order valence-corrected chi connectivity index (χ4v) is 7.28. The normalized spacial score (nSPS) is 13.0. The lowest BCUT2D eigenvalue weighted by molar-refractivity contribution is -0.145. The molecule has 5 N–H and O–H groups in total. The molecule has 0 bridgehead atoms. The van der Waals surface area contributed by atoms with Gasteiger partial charge in [0.2, 0.25) is 5.91 Å². The molecular formula is C48H81N4O10. The van der Waals surface area contributed by atoms with Crippen LogP contribution < -0.4 is 11.1 Å². The first kappa shape index (κ1) is 56.3. The molecule has 0 unspecified atom stereocenters. The number of aromatic nitrogens is 2. The molecule has 0 saturated heterocycles. The summed E-state index contributed by atoms with van der Waals surface area (Å²) in [5.41, 5.74) is 8.66. The quantitative estimate of drug-likeness (QED) is 0.0358. The molecule has 0 spiro atoms. The van der Waals surface area contributed by atoms with Crippen molar-refractivity contribution in [2.24, 2.45) is 11.3 Å². The zero-order valence-electron chi connectivity index (χ0n) is 38.4. The molecule has 62 heavy (non-hydrogen) atoms. The minimum atomic E-state index is -1.13. The molecule has 14 heteroatoms. The van der Waals surface area contributed by atoms with Gasteiger partial charge in [-0.05, 0) is 38.5 Å². The van der Waals surface area contributed by atoms with Gasteiger partial charge in [0.1, 0.15) is 17.6 Å². The van der Waals surface area contributed by atoms with Crippen LogP contribution in [0.3, 0.4) is 0 Å². The molecule has 1 aromatic rings. The molecule has 1 amide bonds. The molecule has 0 aliphatic rings. The highest BCUT2D eigenvalue weighted by molar-refractivity contribution is 5.94. The average molecular weight is 874 g/mol. The monoisotopic (exact) mass is 874 g/mol. The molecule has 1 heterocycles. The van der Waals surface area contributed by atoms with Crippen molar-refractivity contribution in [1.82, 2.24) is 21.0 Å². The largest absolute Gasteiger partial charge is 0.481 e. The van der Waals surface area contributed by atoms with Gasteiger partial charge in [-0.15, -0.1) is 0 Å². The summed E-state index contributed by atoms with van der Waals surface area (Å²) >= 11 is 0. The molecule has 0 fully saturated rings. The molecule has 0 aliphatic heterocycles. The number of H-pyrrole nitrogens is 1. The van der Waals surface area contributed by atoms with Gasteiger partial charge < -0.3 is 30.0 Å². The van der Waals surface area contributed by atoms with Crippen LogP contribution in [0, 0.1) is 11.3 Å². The number of rotatable bonds is 43. The molecule has 1 rings (SSSR count). The van der Waals surface area contributed by atoms with Crippen molar-refractivity contribution >= 4 is 35.2 Å². The smallest absolute Gasteiger partial charge is 0.326 e. The maximum Gasteiger partial charge on any atom is 0.326 e. The van der Waals surface area contributed by atoms with Crippen LogP contribution in [0.15, 0.2) is 24.7 Å². The number of unbranched alkanes of at least 4 members (excludes halogenated alkanes) is 14. The average Bonchev–Trinajstić information content (AvgIpc) is 3.74. The minimum Gasteiger partial charge on any atom is -0.481 e. The first-order valence-electron chi connectivity index (χ1n) is 23.5. The number of carboxylic acid groups (broad SMARTS) is 2. The van der Waals surface area contributed by atoms with Gasteiger partial charge in [0.05, 0.1) is 38.1 Å². The summed E-state index contributed by atoms with van der Waals surface area (Å²) in [5.74, 6) is -4.03. The van der Waals surface area contributed by atoms with E-state index in [0.29, 0.717) is 64.2 Å². The zero-order valence-corrected chi connectivity index (χ0v) is 38.4. The van der Waals surface area contributed by atoms with E-state index in [1.54, 1.807) is 20.0 Å². The number of ether oxygens (including phenoxy) is 2. The lowest BCUT2D eigenvalue weighted by Gasteiger charge is -2.25. The highest BCUT2D eigenvalue weighted by Gasteiger charge is 2.35. The van der Waals surface area contributed by atoms with Crippen molar-refractivity contribution in [2.75, 3.05) is 26.4 Å². The van der Waals surface area contributed by atoms with Crippen molar-refractivity contribution in [3.8, 4) is 0 Å². The first-order chi connectivity index (χ1) is 29.7. The van der Waals surface area contributed by atoms with E-state index in [4.69, 9.17) is 15.2 Å². The van der Waals surface area contributed by atoms with E-state index in [1.165, 1.54) is 70.5 Å². The Morgan fingerprint density at radius 2 is 1.35 bits per heavy atom. The Kier molecular flexibility index (Phi) is 31.5. The van der Waals surface area contributed by atoms with Crippen molar-refractivity contribution < 1.29 is 48.5 Å². The second-order valence-corrected chi connectivity index (χ2v) is 17.7. The Bertz CT molecular complexity index is 1430. The van der Waals surface area contributed by atoms with Crippen LogP contribution in [-0.4, -0.2) is 93.9 Å². The number of nitrogens with one attached hydrogen (secondary N) is 3. The summed E-state index contributed by atoms with van der Waals surface area (Å²) in [6.45, 7) is 11.0. The third kappa shape index (κ3) is 28.8. The number of imidazole rings is 1. The Hall–Kier alpha value is -3.75. The molecule has 1 aromatic heterocycles. The highest BCUT2D eigenvalue weighted by Crippen LogP contribution is 2.28. The Balaban J connectivity index is 2.09. The van der Waals surface area contributed by atoms with E-state index in [0.717, 1.165) is 37.7 Å².